The average molecular weight is 322 g/mol. The molecule has 5 nitrogen and oxygen atoms in total. The number of rotatable bonds is 2. The van der Waals surface area contributed by atoms with Gasteiger partial charge in [-0.3, -0.25) is 0 Å². The van der Waals surface area contributed by atoms with Crippen LogP contribution in [0.1, 0.15) is 17.5 Å². The highest BCUT2D eigenvalue weighted by molar-refractivity contribution is 5.75. The molecular weight excluding hydrogens is 313 g/mol. The number of imidazole rings is 1. The van der Waals surface area contributed by atoms with E-state index >= 15 is 0 Å². The van der Waals surface area contributed by atoms with E-state index in [1.807, 2.05) is 0 Å². The molecule has 118 valence electrons. The zero-order valence-corrected chi connectivity index (χ0v) is 11.4. The van der Waals surface area contributed by atoms with Gasteiger partial charge in [-0.25, -0.2) is 9.37 Å². The molecule has 1 atom stereocenters. The van der Waals surface area contributed by atoms with Gasteiger partial charge in [0.25, 0.3) is 0 Å². The van der Waals surface area contributed by atoms with Gasteiger partial charge in [-0.2, -0.15) is 0 Å². The maximum atomic E-state index is 13.2. The molecule has 3 aromatic rings. The average Bonchev–Trinajstić information content (AvgIpc) is 3.03. The minimum Gasteiger partial charge on any atom is -0.395 e. The first kappa shape index (κ1) is 13.9. The van der Waals surface area contributed by atoms with Crippen molar-refractivity contribution in [2.45, 2.75) is 12.4 Å². The molecule has 0 amide bonds. The summed E-state index contributed by atoms with van der Waals surface area (Å²) >= 11 is 0. The fourth-order valence-corrected chi connectivity index (χ4v) is 2.42. The molecule has 1 aromatic heterocycles. The Labute approximate surface area is 127 Å². The molecule has 0 aliphatic carbocycles. The molecule has 1 aliphatic heterocycles. The number of hydrogen-bond donors (Lipinski definition) is 2. The van der Waals surface area contributed by atoms with Crippen molar-refractivity contribution in [3.63, 3.8) is 0 Å². The summed E-state index contributed by atoms with van der Waals surface area (Å²) in [6.45, 7) is 0. The van der Waals surface area contributed by atoms with Crippen molar-refractivity contribution in [3.05, 3.63) is 53.6 Å². The molecule has 0 bridgehead atoms. The fourth-order valence-electron chi connectivity index (χ4n) is 2.42. The number of benzene rings is 2. The molecule has 0 radical (unpaired) electrons. The second-order valence-corrected chi connectivity index (χ2v) is 5.06. The van der Waals surface area contributed by atoms with Crippen LogP contribution >= 0.6 is 0 Å². The van der Waals surface area contributed by atoms with Crippen molar-refractivity contribution < 1.29 is 27.8 Å². The normalized spacial score (nSPS) is 16.7. The minimum absolute atomic E-state index is 0.113. The van der Waals surface area contributed by atoms with Gasteiger partial charge in [0.15, 0.2) is 11.5 Å². The van der Waals surface area contributed by atoms with E-state index in [9.17, 15) is 18.3 Å². The van der Waals surface area contributed by atoms with Gasteiger partial charge in [-0.15, -0.1) is 8.78 Å². The summed E-state index contributed by atoms with van der Waals surface area (Å²) in [5.74, 6) is -0.560. The van der Waals surface area contributed by atoms with E-state index in [0.29, 0.717) is 11.0 Å². The first-order valence-electron chi connectivity index (χ1n) is 6.64. The van der Waals surface area contributed by atoms with Crippen molar-refractivity contribution in [1.82, 2.24) is 9.97 Å². The Morgan fingerprint density at radius 2 is 1.87 bits per heavy atom. The Hall–Kier alpha value is -2.74. The maximum Gasteiger partial charge on any atom is 0.586 e. The first-order chi connectivity index (χ1) is 10.9. The number of aliphatic hydroxyl groups is 1. The van der Waals surface area contributed by atoms with Gasteiger partial charge in [-0.1, -0.05) is 6.07 Å². The molecule has 0 fully saturated rings. The predicted octanol–water partition coefficient (Wildman–Crippen LogP) is 3.11. The quantitative estimate of drug-likeness (QED) is 0.761. The highest BCUT2D eigenvalue weighted by Gasteiger charge is 2.43. The molecular formula is C15H9F3N2O3. The summed E-state index contributed by atoms with van der Waals surface area (Å²) in [7, 11) is 0. The van der Waals surface area contributed by atoms with Crippen LogP contribution in [0.4, 0.5) is 13.2 Å². The van der Waals surface area contributed by atoms with Crippen LogP contribution in [-0.4, -0.2) is 21.4 Å². The van der Waals surface area contributed by atoms with E-state index in [1.165, 1.54) is 36.4 Å². The lowest BCUT2D eigenvalue weighted by Crippen LogP contribution is -2.25. The molecule has 23 heavy (non-hydrogen) atoms. The Bertz CT molecular complexity index is 910. The largest absolute Gasteiger partial charge is 0.586 e. The third-order valence-corrected chi connectivity index (χ3v) is 3.46. The number of fused-ring (bicyclic) bond motifs is 2. The van der Waals surface area contributed by atoms with Gasteiger partial charge in [0, 0.05) is 0 Å². The van der Waals surface area contributed by atoms with Gasteiger partial charge >= 0.3 is 6.29 Å². The Balaban J connectivity index is 1.70. The lowest BCUT2D eigenvalue weighted by molar-refractivity contribution is -0.286. The number of aromatic amines is 1. The highest BCUT2D eigenvalue weighted by atomic mass is 19.3. The van der Waals surface area contributed by atoms with Gasteiger partial charge in [-0.05, 0) is 35.9 Å². The number of halogens is 3. The minimum atomic E-state index is -3.72. The third kappa shape index (κ3) is 2.36. The molecule has 0 spiro atoms. The number of H-pyrrole nitrogens is 1. The molecule has 1 unspecified atom stereocenters. The van der Waals surface area contributed by atoms with Crippen LogP contribution in [0.25, 0.3) is 11.0 Å². The van der Waals surface area contributed by atoms with Gasteiger partial charge in [0.05, 0.1) is 11.0 Å². The number of alkyl halides is 2. The van der Waals surface area contributed by atoms with E-state index < -0.39 is 18.2 Å². The van der Waals surface area contributed by atoms with E-state index in [-0.39, 0.29) is 22.9 Å². The number of hydrogen-bond acceptors (Lipinski definition) is 4. The Morgan fingerprint density at radius 3 is 2.70 bits per heavy atom. The van der Waals surface area contributed by atoms with E-state index in [2.05, 4.69) is 19.4 Å². The summed E-state index contributed by atoms with van der Waals surface area (Å²) < 4.78 is 47.8. The van der Waals surface area contributed by atoms with Gasteiger partial charge < -0.3 is 19.6 Å². The number of aliphatic hydroxyl groups excluding tert-OH is 1. The highest BCUT2D eigenvalue weighted by Crippen LogP contribution is 2.42. The molecule has 2 N–H and O–H groups in total. The van der Waals surface area contributed by atoms with Crippen molar-refractivity contribution in [3.8, 4) is 11.5 Å². The Kier molecular flexibility index (Phi) is 2.79. The second kappa shape index (κ2) is 4.63. The summed E-state index contributed by atoms with van der Waals surface area (Å²) in [5, 5.41) is 10.4. The van der Waals surface area contributed by atoms with Crippen molar-refractivity contribution >= 4 is 11.0 Å². The molecule has 2 heterocycles. The van der Waals surface area contributed by atoms with Crippen molar-refractivity contribution in [2.75, 3.05) is 0 Å². The van der Waals surface area contributed by atoms with Crippen LogP contribution in [0.5, 0.6) is 11.5 Å². The Morgan fingerprint density at radius 1 is 1.09 bits per heavy atom. The van der Waals surface area contributed by atoms with Crippen molar-refractivity contribution in [2.24, 2.45) is 0 Å². The zero-order valence-electron chi connectivity index (χ0n) is 11.4. The number of nitrogens with zero attached hydrogens (tertiary/aromatic N) is 1. The second-order valence-electron chi connectivity index (χ2n) is 5.06. The van der Waals surface area contributed by atoms with Crippen LogP contribution in [-0.2, 0) is 0 Å². The van der Waals surface area contributed by atoms with Crippen LogP contribution in [0.3, 0.4) is 0 Å². The van der Waals surface area contributed by atoms with Crippen LogP contribution < -0.4 is 9.47 Å². The number of ether oxygens (including phenoxy) is 2. The van der Waals surface area contributed by atoms with E-state index in [4.69, 9.17) is 0 Å². The van der Waals surface area contributed by atoms with Gasteiger partial charge in [0.1, 0.15) is 17.7 Å². The number of aromatic nitrogens is 2. The molecule has 0 saturated carbocycles. The first-order valence-corrected chi connectivity index (χ1v) is 6.64. The monoisotopic (exact) mass is 322 g/mol. The standard InChI is InChI=1S/C15H9F3N2O3/c16-8-2-3-9-10(6-8)20-14(19-9)13(21)7-1-4-11-12(5-7)23-15(17,18)22-11/h1-6,13,21H,(H,19,20). The summed E-state index contributed by atoms with van der Waals surface area (Å²) in [5.41, 5.74) is 1.18. The molecule has 8 heteroatoms. The topological polar surface area (TPSA) is 67.4 Å². The van der Waals surface area contributed by atoms with Gasteiger partial charge in [0.2, 0.25) is 0 Å². The fraction of sp³-hybridized carbons (Fsp3) is 0.133. The SMILES string of the molecule is OC(c1ccc2c(c1)OC(F)(F)O2)c1nc2ccc(F)cc2[nH]1. The van der Waals surface area contributed by atoms with E-state index in [1.54, 1.807) is 0 Å². The summed E-state index contributed by atoms with van der Waals surface area (Å²) in [6.07, 6.45) is -4.93. The third-order valence-electron chi connectivity index (χ3n) is 3.46. The summed E-state index contributed by atoms with van der Waals surface area (Å²) in [6, 6.07) is 7.91. The maximum absolute atomic E-state index is 13.2. The zero-order chi connectivity index (χ0) is 16.2. The van der Waals surface area contributed by atoms with Crippen molar-refractivity contribution in [1.29, 1.82) is 0 Å². The number of nitrogens with one attached hydrogen (secondary N) is 1. The predicted molar refractivity (Wildman–Crippen MR) is 72.8 cm³/mol. The molecule has 4 rings (SSSR count). The van der Waals surface area contributed by atoms with Crippen LogP contribution in [0, 0.1) is 5.82 Å². The molecule has 0 saturated heterocycles. The smallest absolute Gasteiger partial charge is 0.395 e. The van der Waals surface area contributed by atoms with Crippen LogP contribution in [0.15, 0.2) is 36.4 Å². The molecule has 1 aliphatic rings. The van der Waals surface area contributed by atoms with Crippen LogP contribution in [0.2, 0.25) is 0 Å². The lowest BCUT2D eigenvalue weighted by atomic mass is 10.1. The lowest BCUT2D eigenvalue weighted by Gasteiger charge is -2.08. The molecule has 2 aromatic carbocycles. The van der Waals surface area contributed by atoms with E-state index in [0.717, 1.165) is 0 Å². The summed E-state index contributed by atoms with van der Waals surface area (Å²) in [4.78, 5) is 6.96.